The number of ether oxygens (including phenoxy) is 1. The van der Waals surface area contributed by atoms with Gasteiger partial charge in [0.15, 0.2) is 0 Å². The van der Waals surface area contributed by atoms with Crippen LogP contribution in [0.4, 0.5) is 5.69 Å². The van der Waals surface area contributed by atoms with E-state index in [1.54, 1.807) is 7.11 Å². The van der Waals surface area contributed by atoms with Gasteiger partial charge in [0.05, 0.1) is 7.11 Å². The third-order valence-electron chi connectivity index (χ3n) is 4.07. The van der Waals surface area contributed by atoms with Crippen LogP contribution in [0.5, 0.6) is 5.75 Å². The molecule has 0 aromatic heterocycles. The van der Waals surface area contributed by atoms with Crippen molar-refractivity contribution in [2.45, 2.75) is 32.4 Å². The van der Waals surface area contributed by atoms with E-state index in [1.807, 2.05) is 13.0 Å². The van der Waals surface area contributed by atoms with Crippen LogP contribution >= 0.6 is 0 Å². The van der Waals surface area contributed by atoms with E-state index in [4.69, 9.17) is 10.5 Å². The van der Waals surface area contributed by atoms with Gasteiger partial charge in [-0.2, -0.15) is 0 Å². The molecule has 1 aliphatic rings. The second-order valence-corrected chi connectivity index (χ2v) is 5.84. The van der Waals surface area contributed by atoms with E-state index in [9.17, 15) is 0 Å². The number of rotatable bonds is 3. The van der Waals surface area contributed by atoms with Crippen LogP contribution < -0.4 is 15.4 Å². The van der Waals surface area contributed by atoms with Gasteiger partial charge in [-0.15, -0.1) is 0 Å². The van der Waals surface area contributed by atoms with Crippen LogP contribution in [-0.4, -0.2) is 44.7 Å². The highest BCUT2D eigenvalue weighted by atomic mass is 16.5. The molecule has 4 nitrogen and oxygen atoms in total. The minimum Gasteiger partial charge on any atom is -0.496 e. The average molecular weight is 277 g/mol. The summed E-state index contributed by atoms with van der Waals surface area (Å²) in [5, 5.41) is 0. The van der Waals surface area contributed by atoms with Crippen molar-refractivity contribution < 1.29 is 4.74 Å². The first-order valence-corrected chi connectivity index (χ1v) is 7.42. The first-order valence-electron chi connectivity index (χ1n) is 7.42. The fourth-order valence-corrected chi connectivity index (χ4v) is 3.15. The number of hydrogen-bond acceptors (Lipinski definition) is 4. The number of nitrogens with two attached hydrogens (primary N) is 1. The number of benzene rings is 1. The fourth-order valence-electron chi connectivity index (χ4n) is 3.15. The molecule has 2 N–H and O–H groups in total. The summed E-state index contributed by atoms with van der Waals surface area (Å²) in [6.45, 7) is 7.61. The molecular formula is C16H27N3O. The van der Waals surface area contributed by atoms with Gasteiger partial charge in [-0.1, -0.05) is 6.07 Å². The molecule has 1 aliphatic heterocycles. The van der Waals surface area contributed by atoms with Gasteiger partial charge in [0.1, 0.15) is 5.75 Å². The van der Waals surface area contributed by atoms with E-state index >= 15 is 0 Å². The molecule has 2 unspecified atom stereocenters. The molecule has 0 aliphatic carbocycles. The number of methoxy groups -OCH3 is 1. The van der Waals surface area contributed by atoms with Gasteiger partial charge >= 0.3 is 0 Å². The van der Waals surface area contributed by atoms with Crippen molar-refractivity contribution in [3.05, 3.63) is 23.8 Å². The largest absolute Gasteiger partial charge is 0.496 e. The summed E-state index contributed by atoms with van der Waals surface area (Å²) < 4.78 is 5.51. The van der Waals surface area contributed by atoms with Crippen LogP contribution in [0.2, 0.25) is 0 Å². The monoisotopic (exact) mass is 277 g/mol. The van der Waals surface area contributed by atoms with Gasteiger partial charge in [-0.25, -0.2) is 0 Å². The van der Waals surface area contributed by atoms with Crippen molar-refractivity contribution in [2.24, 2.45) is 5.73 Å². The standard InChI is InChI=1S/C16H27N3O/c1-12-11-18(3)9-6-10-19(12)14-7-5-8-15(20-4)16(14)13(2)17/h5,7-8,12-13H,6,9-11,17H2,1-4H3. The van der Waals surface area contributed by atoms with Crippen molar-refractivity contribution in [2.75, 3.05) is 38.7 Å². The Morgan fingerprint density at radius 3 is 2.75 bits per heavy atom. The topological polar surface area (TPSA) is 41.7 Å². The summed E-state index contributed by atoms with van der Waals surface area (Å²) >= 11 is 0. The second-order valence-electron chi connectivity index (χ2n) is 5.84. The molecule has 4 heteroatoms. The molecule has 20 heavy (non-hydrogen) atoms. The molecule has 0 amide bonds. The van der Waals surface area contributed by atoms with Crippen LogP contribution in [0.25, 0.3) is 0 Å². The Morgan fingerprint density at radius 2 is 2.10 bits per heavy atom. The Kier molecular flexibility index (Phi) is 4.89. The lowest BCUT2D eigenvalue weighted by molar-refractivity contribution is 0.337. The summed E-state index contributed by atoms with van der Waals surface area (Å²) in [7, 11) is 3.91. The third kappa shape index (κ3) is 3.07. The number of anilines is 1. The molecule has 0 spiro atoms. The third-order valence-corrected chi connectivity index (χ3v) is 4.07. The van der Waals surface area contributed by atoms with Gasteiger partial charge in [0, 0.05) is 36.4 Å². The molecule has 0 saturated carbocycles. The highest BCUT2D eigenvalue weighted by molar-refractivity contribution is 5.61. The minimum atomic E-state index is -0.0330. The molecule has 1 heterocycles. The van der Waals surface area contributed by atoms with Gasteiger partial charge < -0.3 is 20.3 Å². The van der Waals surface area contributed by atoms with E-state index in [0.29, 0.717) is 6.04 Å². The summed E-state index contributed by atoms with van der Waals surface area (Å²) in [4.78, 5) is 4.88. The molecule has 0 bridgehead atoms. The SMILES string of the molecule is COc1cccc(N2CCCN(C)CC2C)c1C(C)N. The number of hydrogen-bond donors (Lipinski definition) is 1. The number of nitrogens with zero attached hydrogens (tertiary/aromatic N) is 2. The van der Waals surface area contributed by atoms with Crippen molar-refractivity contribution in [3.63, 3.8) is 0 Å². The van der Waals surface area contributed by atoms with Crippen molar-refractivity contribution in [3.8, 4) is 5.75 Å². The zero-order chi connectivity index (χ0) is 14.7. The Balaban J connectivity index is 2.40. The molecule has 1 aromatic rings. The smallest absolute Gasteiger partial charge is 0.125 e. The molecular weight excluding hydrogens is 250 g/mol. The Bertz CT molecular complexity index is 447. The normalized spacial score (nSPS) is 22.4. The van der Waals surface area contributed by atoms with Crippen LogP contribution in [0.3, 0.4) is 0 Å². The second kappa shape index (κ2) is 6.46. The molecule has 1 fully saturated rings. The van der Waals surface area contributed by atoms with Gasteiger partial charge in [-0.05, 0) is 46.0 Å². The quantitative estimate of drug-likeness (QED) is 0.920. The maximum absolute atomic E-state index is 6.19. The summed E-state index contributed by atoms with van der Waals surface area (Å²) in [5.74, 6) is 0.891. The Morgan fingerprint density at radius 1 is 1.35 bits per heavy atom. The van der Waals surface area contributed by atoms with Crippen molar-refractivity contribution >= 4 is 5.69 Å². The lowest BCUT2D eigenvalue weighted by atomic mass is 10.0. The lowest BCUT2D eigenvalue weighted by Gasteiger charge is -2.33. The average Bonchev–Trinajstić information content (AvgIpc) is 2.58. The maximum Gasteiger partial charge on any atom is 0.125 e. The highest BCUT2D eigenvalue weighted by Gasteiger charge is 2.24. The highest BCUT2D eigenvalue weighted by Crippen LogP contribution is 2.35. The maximum atomic E-state index is 6.19. The van der Waals surface area contributed by atoms with E-state index in [0.717, 1.165) is 30.9 Å². The molecule has 2 rings (SSSR count). The zero-order valence-electron chi connectivity index (χ0n) is 13.1. The van der Waals surface area contributed by atoms with Crippen molar-refractivity contribution in [1.29, 1.82) is 0 Å². The zero-order valence-corrected chi connectivity index (χ0v) is 13.1. The summed E-state index contributed by atoms with van der Waals surface area (Å²) in [6, 6.07) is 6.67. The fraction of sp³-hybridized carbons (Fsp3) is 0.625. The predicted octanol–water partition coefficient (Wildman–Crippen LogP) is 2.25. The lowest BCUT2D eigenvalue weighted by Crippen LogP contribution is -2.38. The Hall–Kier alpha value is -1.26. The van der Waals surface area contributed by atoms with Gasteiger partial charge in [0.2, 0.25) is 0 Å². The van der Waals surface area contributed by atoms with E-state index in [1.165, 1.54) is 12.1 Å². The van der Waals surface area contributed by atoms with E-state index in [-0.39, 0.29) is 6.04 Å². The Labute approximate surface area is 122 Å². The molecule has 1 saturated heterocycles. The van der Waals surface area contributed by atoms with Crippen LogP contribution in [0.15, 0.2) is 18.2 Å². The molecule has 112 valence electrons. The molecule has 1 aromatic carbocycles. The minimum absolute atomic E-state index is 0.0330. The van der Waals surface area contributed by atoms with E-state index in [2.05, 4.69) is 35.9 Å². The van der Waals surface area contributed by atoms with E-state index < -0.39 is 0 Å². The molecule has 2 atom stereocenters. The first-order chi connectivity index (χ1) is 9.54. The van der Waals surface area contributed by atoms with Crippen molar-refractivity contribution in [1.82, 2.24) is 4.90 Å². The van der Waals surface area contributed by atoms with Gasteiger partial charge in [0.25, 0.3) is 0 Å². The summed E-state index contributed by atoms with van der Waals surface area (Å²) in [6.07, 6.45) is 1.18. The summed E-state index contributed by atoms with van der Waals surface area (Å²) in [5.41, 5.74) is 8.53. The van der Waals surface area contributed by atoms with Crippen LogP contribution in [0.1, 0.15) is 31.9 Å². The van der Waals surface area contributed by atoms with Gasteiger partial charge in [-0.3, -0.25) is 0 Å². The first kappa shape index (κ1) is 15.1. The number of likely N-dealkylation sites (N-methyl/N-ethyl adjacent to an activating group) is 1. The predicted molar refractivity (Wildman–Crippen MR) is 84.5 cm³/mol. The van der Waals surface area contributed by atoms with Crippen LogP contribution in [-0.2, 0) is 0 Å². The molecule has 0 radical (unpaired) electrons. The van der Waals surface area contributed by atoms with Crippen LogP contribution in [0, 0.1) is 0 Å².